The van der Waals surface area contributed by atoms with Crippen molar-refractivity contribution < 1.29 is 4.79 Å². The smallest absolute Gasteiger partial charge is 0.220 e. The largest absolute Gasteiger partial charge is 0.356 e. The number of rotatable bonds is 8. The molecule has 0 fully saturated rings. The maximum atomic E-state index is 11.6. The molecule has 0 aliphatic rings. The van der Waals surface area contributed by atoms with Gasteiger partial charge in [-0.05, 0) is 37.1 Å². The van der Waals surface area contributed by atoms with E-state index in [1.165, 1.54) is 0 Å². The van der Waals surface area contributed by atoms with Gasteiger partial charge in [-0.15, -0.1) is 0 Å². The van der Waals surface area contributed by atoms with Crippen LogP contribution in [0.3, 0.4) is 0 Å². The minimum atomic E-state index is 0.0839. The van der Waals surface area contributed by atoms with Crippen LogP contribution in [0, 0.1) is 0 Å². The number of carbonyl (C=O) groups is 1. The molecule has 0 saturated carbocycles. The molecule has 1 amide bonds. The molecule has 0 heterocycles. The number of hydrogen-bond donors (Lipinski definition) is 2. The zero-order chi connectivity index (χ0) is 15.0. The third kappa shape index (κ3) is 7.13. The molecule has 1 aromatic carbocycles. The lowest BCUT2D eigenvalue weighted by Gasteiger charge is -2.09. The van der Waals surface area contributed by atoms with Crippen molar-refractivity contribution in [2.75, 3.05) is 13.1 Å². The van der Waals surface area contributed by atoms with E-state index in [1.54, 1.807) is 6.07 Å². The van der Waals surface area contributed by atoms with E-state index >= 15 is 0 Å². The molecule has 0 saturated heterocycles. The van der Waals surface area contributed by atoms with Gasteiger partial charge in [0, 0.05) is 29.1 Å². The molecule has 20 heavy (non-hydrogen) atoms. The molecule has 0 atom stereocenters. The summed E-state index contributed by atoms with van der Waals surface area (Å²) in [6, 6.07) is 5.88. The van der Waals surface area contributed by atoms with Crippen molar-refractivity contribution in [3.8, 4) is 0 Å². The van der Waals surface area contributed by atoms with Crippen LogP contribution in [0.25, 0.3) is 0 Å². The number of benzene rings is 1. The summed E-state index contributed by atoms with van der Waals surface area (Å²) in [6.45, 7) is 5.65. The van der Waals surface area contributed by atoms with E-state index < -0.39 is 0 Å². The lowest BCUT2D eigenvalue weighted by molar-refractivity contribution is -0.121. The van der Waals surface area contributed by atoms with Crippen LogP contribution < -0.4 is 10.6 Å². The molecule has 2 N–H and O–H groups in total. The van der Waals surface area contributed by atoms with Crippen LogP contribution in [-0.4, -0.2) is 25.0 Å². The summed E-state index contributed by atoms with van der Waals surface area (Å²) < 4.78 is 0. The van der Waals surface area contributed by atoms with Crippen LogP contribution in [-0.2, 0) is 11.2 Å². The van der Waals surface area contributed by atoms with E-state index in [1.807, 2.05) is 12.1 Å². The highest BCUT2D eigenvalue weighted by Gasteiger charge is 2.04. The second-order valence-electron chi connectivity index (χ2n) is 5.05. The van der Waals surface area contributed by atoms with Gasteiger partial charge in [0.15, 0.2) is 0 Å². The van der Waals surface area contributed by atoms with Gasteiger partial charge in [-0.25, -0.2) is 0 Å². The van der Waals surface area contributed by atoms with Crippen molar-refractivity contribution in [1.82, 2.24) is 10.6 Å². The molecule has 3 nitrogen and oxygen atoms in total. The molecule has 0 aliphatic heterocycles. The lowest BCUT2D eigenvalue weighted by atomic mass is 10.1. The Bertz CT molecular complexity index is 436. The molecule has 5 heteroatoms. The quantitative estimate of drug-likeness (QED) is 0.721. The van der Waals surface area contributed by atoms with E-state index in [4.69, 9.17) is 23.2 Å². The summed E-state index contributed by atoms with van der Waals surface area (Å²) in [5.74, 6) is 0.0839. The Morgan fingerprint density at radius 3 is 2.65 bits per heavy atom. The van der Waals surface area contributed by atoms with E-state index in [2.05, 4.69) is 24.5 Å². The van der Waals surface area contributed by atoms with Gasteiger partial charge in [0.2, 0.25) is 5.91 Å². The summed E-state index contributed by atoms with van der Waals surface area (Å²) in [4.78, 5) is 11.6. The van der Waals surface area contributed by atoms with Gasteiger partial charge in [0.1, 0.15) is 0 Å². The summed E-state index contributed by atoms with van der Waals surface area (Å²) in [7, 11) is 0. The Kier molecular flexibility index (Phi) is 7.97. The molecular weight excluding hydrogens is 295 g/mol. The van der Waals surface area contributed by atoms with Gasteiger partial charge >= 0.3 is 0 Å². The predicted molar refractivity (Wildman–Crippen MR) is 85.5 cm³/mol. The predicted octanol–water partition coefficient (Wildman–Crippen LogP) is 3.43. The van der Waals surface area contributed by atoms with Crippen LogP contribution in [0.1, 0.15) is 32.3 Å². The van der Waals surface area contributed by atoms with Crippen LogP contribution in [0.4, 0.5) is 0 Å². The van der Waals surface area contributed by atoms with Crippen molar-refractivity contribution in [1.29, 1.82) is 0 Å². The Labute approximate surface area is 131 Å². The molecule has 0 radical (unpaired) electrons. The van der Waals surface area contributed by atoms with Crippen molar-refractivity contribution >= 4 is 29.1 Å². The number of amides is 1. The third-order valence-corrected chi connectivity index (χ3v) is 3.45. The van der Waals surface area contributed by atoms with Crippen molar-refractivity contribution in [3.05, 3.63) is 33.8 Å². The fourth-order valence-corrected chi connectivity index (χ4v) is 2.29. The summed E-state index contributed by atoms with van der Waals surface area (Å²) in [5.41, 5.74) is 0.998. The Morgan fingerprint density at radius 1 is 1.25 bits per heavy atom. The normalized spacial score (nSPS) is 10.8. The minimum Gasteiger partial charge on any atom is -0.356 e. The second kappa shape index (κ2) is 9.22. The number of carbonyl (C=O) groups excluding carboxylic acids is 1. The highest BCUT2D eigenvalue weighted by atomic mass is 35.5. The van der Waals surface area contributed by atoms with Crippen molar-refractivity contribution in [2.45, 2.75) is 39.2 Å². The van der Waals surface area contributed by atoms with E-state index in [0.717, 1.165) is 18.5 Å². The van der Waals surface area contributed by atoms with E-state index in [9.17, 15) is 4.79 Å². The summed E-state index contributed by atoms with van der Waals surface area (Å²) in [6.07, 6.45) is 2.12. The fraction of sp³-hybridized carbons (Fsp3) is 0.533. The fourth-order valence-electron chi connectivity index (χ4n) is 1.79. The average molecular weight is 317 g/mol. The van der Waals surface area contributed by atoms with E-state index in [0.29, 0.717) is 35.5 Å². The summed E-state index contributed by atoms with van der Waals surface area (Å²) >= 11 is 11.9. The highest BCUT2D eigenvalue weighted by molar-refractivity contribution is 6.35. The first-order chi connectivity index (χ1) is 9.49. The Hall–Kier alpha value is -0.770. The monoisotopic (exact) mass is 316 g/mol. The number of halogens is 2. The van der Waals surface area contributed by atoms with Gasteiger partial charge < -0.3 is 10.6 Å². The minimum absolute atomic E-state index is 0.0839. The second-order valence-corrected chi connectivity index (χ2v) is 5.89. The van der Waals surface area contributed by atoms with Gasteiger partial charge in [-0.2, -0.15) is 0 Å². The highest BCUT2D eigenvalue weighted by Crippen LogP contribution is 2.20. The molecule has 0 spiro atoms. The van der Waals surface area contributed by atoms with Crippen molar-refractivity contribution in [3.63, 3.8) is 0 Å². The molecule has 0 aromatic heterocycles. The lowest BCUT2D eigenvalue weighted by Crippen LogP contribution is -2.28. The number of hydrogen-bond acceptors (Lipinski definition) is 2. The first kappa shape index (κ1) is 17.3. The van der Waals surface area contributed by atoms with Gasteiger partial charge in [-0.1, -0.05) is 43.1 Å². The third-order valence-electron chi connectivity index (χ3n) is 2.86. The average Bonchev–Trinajstić information content (AvgIpc) is 2.37. The van der Waals surface area contributed by atoms with Gasteiger partial charge in [0.05, 0.1) is 0 Å². The maximum Gasteiger partial charge on any atom is 0.220 e. The van der Waals surface area contributed by atoms with Crippen LogP contribution in [0.5, 0.6) is 0 Å². The van der Waals surface area contributed by atoms with Crippen LogP contribution in [0.15, 0.2) is 18.2 Å². The Balaban J connectivity index is 2.18. The molecule has 1 aromatic rings. The first-order valence-corrected chi connectivity index (χ1v) is 7.68. The number of nitrogens with one attached hydrogen (secondary N) is 2. The van der Waals surface area contributed by atoms with Gasteiger partial charge in [-0.3, -0.25) is 4.79 Å². The standard InChI is InChI=1S/C15H22Cl2N2O/c1-11(2)18-8-3-4-15(20)19-9-7-12-5-6-13(16)10-14(12)17/h5-6,10-11,18H,3-4,7-9H2,1-2H3,(H,19,20). The molecule has 112 valence electrons. The zero-order valence-corrected chi connectivity index (χ0v) is 13.5. The molecule has 0 unspecified atom stereocenters. The molecule has 0 bridgehead atoms. The van der Waals surface area contributed by atoms with E-state index in [-0.39, 0.29) is 5.91 Å². The Morgan fingerprint density at radius 2 is 2.00 bits per heavy atom. The molecule has 1 rings (SSSR count). The van der Waals surface area contributed by atoms with Crippen LogP contribution in [0.2, 0.25) is 10.0 Å². The topological polar surface area (TPSA) is 41.1 Å². The zero-order valence-electron chi connectivity index (χ0n) is 12.0. The summed E-state index contributed by atoms with van der Waals surface area (Å²) in [5, 5.41) is 7.46. The SMILES string of the molecule is CC(C)NCCCC(=O)NCCc1ccc(Cl)cc1Cl. The molecular formula is C15H22Cl2N2O. The van der Waals surface area contributed by atoms with Crippen molar-refractivity contribution in [2.24, 2.45) is 0 Å². The van der Waals surface area contributed by atoms with Crippen LogP contribution >= 0.6 is 23.2 Å². The maximum absolute atomic E-state index is 11.6. The molecule has 0 aliphatic carbocycles. The first-order valence-electron chi connectivity index (χ1n) is 6.93. The van der Waals surface area contributed by atoms with Gasteiger partial charge in [0.25, 0.3) is 0 Å².